The van der Waals surface area contributed by atoms with Gasteiger partial charge in [0, 0.05) is 12.4 Å². The second-order valence-corrected chi connectivity index (χ2v) is 5.42. The molecule has 4 atom stereocenters. The van der Waals surface area contributed by atoms with Gasteiger partial charge in [0.25, 0.3) is 0 Å². The fourth-order valence-electron chi connectivity index (χ4n) is 3.75. The molecule has 0 spiro atoms. The molecule has 88 valence electrons. The van der Waals surface area contributed by atoms with E-state index >= 15 is 0 Å². The van der Waals surface area contributed by atoms with E-state index in [0.29, 0.717) is 11.8 Å². The van der Waals surface area contributed by atoms with Crippen molar-refractivity contribution in [3.8, 4) is 6.07 Å². The molecule has 2 aliphatic rings. The van der Waals surface area contributed by atoms with Gasteiger partial charge in [-0.3, -0.25) is 4.98 Å². The SMILES string of the molecule is N#CC1(C(O)c2ccncc2)CC2CCC1C2. The Morgan fingerprint density at radius 1 is 1.41 bits per heavy atom. The number of nitriles is 1. The summed E-state index contributed by atoms with van der Waals surface area (Å²) in [6.45, 7) is 0. The average Bonchev–Trinajstić information content (AvgIpc) is 2.99. The minimum atomic E-state index is -0.661. The lowest BCUT2D eigenvalue weighted by molar-refractivity contribution is 0.0233. The summed E-state index contributed by atoms with van der Waals surface area (Å²) in [6, 6.07) is 6.07. The van der Waals surface area contributed by atoms with Gasteiger partial charge in [-0.25, -0.2) is 0 Å². The van der Waals surface area contributed by atoms with Gasteiger partial charge in [0.15, 0.2) is 0 Å². The molecule has 2 aliphatic carbocycles. The first-order chi connectivity index (χ1) is 8.26. The maximum atomic E-state index is 10.5. The van der Waals surface area contributed by atoms with Crippen LogP contribution in [-0.4, -0.2) is 10.1 Å². The number of hydrogen-bond acceptors (Lipinski definition) is 3. The van der Waals surface area contributed by atoms with Gasteiger partial charge in [-0.2, -0.15) is 5.26 Å². The molecule has 2 saturated carbocycles. The largest absolute Gasteiger partial charge is 0.387 e. The van der Waals surface area contributed by atoms with E-state index in [9.17, 15) is 10.4 Å². The molecule has 1 aromatic heterocycles. The minimum absolute atomic E-state index is 0.376. The lowest BCUT2D eigenvalue weighted by Gasteiger charge is -2.35. The van der Waals surface area contributed by atoms with Gasteiger partial charge in [-0.15, -0.1) is 0 Å². The summed E-state index contributed by atoms with van der Waals surface area (Å²) in [5, 5.41) is 20.1. The molecule has 0 saturated heterocycles. The van der Waals surface area contributed by atoms with Crippen molar-refractivity contribution >= 4 is 0 Å². The third-order valence-corrected chi connectivity index (χ3v) is 4.61. The van der Waals surface area contributed by atoms with Gasteiger partial charge in [-0.05, 0) is 48.8 Å². The number of hydrogen-bond donors (Lipinski definition) is 1. The van der Waals surface area contributed by atoms with E-state index in [-0.39, 0.29) is 0 Å². The number of nitrogens with zero attached hydrogens (tertiary/aromatic N) is 2. The highest BCUT2D eigenvalue weighted by molar-refractivity contribution is 5.24. The summed E-state index contributed by atoms with van der Waals surface area (Å²) in [7, 11) is 0. The molecule has 17 heavy (non-hydrogen) atoms. The zero-order valence-corrected chi connectivity index (χ0v) is 9.71. The van der Waals surface area contributed by atoms with Gasteiger partial charge in [-0.1, -0.05) is 6.42 Å². The molecule has 1 N–H and O–H groups in total. The van der Waals surface area contributed by atoms with Crippen LogP contribution in [0.2, 0.25) is 0 Å². The highest BCUT2D eigenvalue weighted by Gasteiger charge is 2.55. The maximum Gasteiger partial charge on any atom is 0.0980 e. The number of aliphatic hydroxyl groups excluding tert-OH is 1. The van der Waals surface area contributed by atoms with E-state index < -0.39 is 11.5 Å². The first kappa shape index (κ1) is 10.7. The van der Waals surface area contributed by atoms with Crippen LogP contribution in [0, 0.1) is 28.6 Å². The fourth-order valence-corrected chi connectivity index (χ4v) is 3.75. The standard InChI is InChI=1S/C14H16N2O/c15-9-14(8-10-1-2-12(14)7-10)13(17)11-3-5-16-6-4-11/h3-6,10,12-13,17H,1-2,7-8H2. The van der Waals surface area contributed by atoms with Crippen LogP contribution in [0.15, 0.2) is 24.5 Å². The molecule has 0 amide bonds. The summed E-state index contributed by atoms with van der Waals surface area (Å²) in [5.41, 5.74) is 0.277. The molecular weight excluding hydrogens is 212 g/mol. The number of fused-ring (bicyclic) bond motifs is 2. The summed E-state index contributed by atoms with van der Waals surface area (Å²) in [6.07, 6.45) is 7.00. The molecule has 3 heteroatoms. The Morgan fingerprint density at radius 2 is 2.18 bits per heavy atom. The fraction of sp³-hybridized carbons (Fsp3) is 0.571. The van der Waals surface area contributed by atoms with Gasteiger partial charge in [0.05, 0.1) is 17.6 Å². The van der Waals surface area contributed by atoms with Crippen molar-refractivity contribution in [2.75, 3.05) is 0 Å². The summed E-state index contributed by atoms with van der Waals surface area (Å²) in [5.74, 6) is 1.02. The molecule has 0 aromatic carbocycles. The van der Waals surface area contributed by atoms with Gasteiger partial charge in [0.2, 0.25) is 0 Å². The Balaban J connectivity index is 1.95. The first-order valence-electron chi connectivity index (χ1n) is 6.25. The Labute approximate surface area is 101 Å². The van der Waals surface area contributed by atoms with Crippen LogP contribution in [0.3, 0.4) is 0 Å². The van der Waals surface area contributed by atoms with Crippen LogP contribution < -0.4 is 0 Å². The minimum Gasteiger partial charge on any atom is -0.387 e. The highest BCUT2D eigenvalue weighted by Crippen LogP contribution is 2.60. The summed E-state index contributed by atoms with van der Waals surface area (Å²) >= 11 is 0. The monoisotopic (exact) mass is 228 g/mol. The zero-order chi connectivity index (χ0) is 11.9. The van der Waals surface area contributed by atoms with Gasteiger partial charge in [0.1, 0.15) is 0 Å². The second kappa shape index (κ2) is 3.82. The van der Waals surface area contributed by atoms with Gasteiger partial charge >= 0.3 is 0 Å². The molecule has 3 nitrogen and oxygen atoms in total. The molecule has 1 heterocycles. The van der Waals surface area contributed by atoms with Crippen LogP contribution in [0.25, 0.3) is 0 Å². The molecule has 2 bridgehead atoms. The van der Waals surface area contributed by atoms with E-state index in [1.165, 1.54) is 6.42 Å². The molecule has 2 fully saturated rings. The van der Waals surface area contributed by atoms with Crippen molar-refractivity contribution in [3.05, 3.63) is 30.1 Å². The second-order valence-electron chi connectivity index (χ2n) is 5.42. The van der Waals surface area contributed by atoms with Crippen LogP contribution in [0.1, 0.15) is 37.4 Å². The molecule has 0 aliphatic heterocycles. The van der Waals surface area contributed by atoms with E-state index in [4.69, 9.17) is 0 Å². The van der Waals surface area contributed by atoms with Crippen LogP contribution in [0.5, 0.6) is 0 Å². The van der Waals surface area contributed by atoms with E-state index in [2.05, 4.69) is 11.1 Å². The number of aliphatic hydroxyl groups is 1. The van der Waals surface area contributed by atoms with Crippen molar-refractivity contribution in [1.29, 1.82) is 5.26 Å². The molecule has 4 unspecified atom stereocenters. The van der Waals surface area contributed by atoms with Crippen LogP contribution >= 0.6 is 0 Å². The van der Waals surface area contributed by atoms with Crippen molar-refractivity contribution in [3.63, 3.8) is 0 Å². The Kier molecular flexibility index (Phi) is 2.41. The first-order valence-corrected chi connectivity index (χ1v) is 6.25. The van der Waals surface area contributed by atoms with Gasteiger partial charge < -0.3 is 5.11 Å². The van der Waals surface area contributed by atoms with Crippen LogP contribution in [-0.2, 0) is 0 Å². The Morgan fingerprint density at radius 3 is 2.71 bits per heavy atom. The van der Waals surface area contributed by atoms with E-state index in [1.807, 2.05) is 12.1 Å². The Bertz CT molecular complexity index is 453. The summed E-state index contributed by atoms with van der Waals surface area (Å²) in [4.78, 5) is 3.96. The highest BCUT2D eigenvalue weighted by atomic mass is 16.3. The predicted octanol–water partition coefficient (Wildman–Crippen LogP) is 2.44. The molecule has 0 radical (unpaired) electrons. The van der Waals surface area contributed by atoms with Crippen molar-refractivity contribution in [1.82, 2.24) is 4.98 Å². The topological polar surface area (TPSA) is 56.9 Å². The lowest BCUT2D eigenvalue weighted by Crippen LogP contribution is -2.33. The molecule has 3 rings (SSSR count). The van der Waals surface area contributed by atoms with Crippen LogP contribution in [0.4, 0.5) is 0 Å². The third-order valence-electron chi connectivity index (χ3n) is 4.61. The summed E-state index contributed by atoms with van der Waals surface area (Å²) < 4.78 is 0. The molecule has 1 aromatic rings. The maximum absolute atomic E-state index is 10.5. The van der Waals surface area contributed by atoms with E-state index in [0.717, 1.165) is 24.8 Å². The predicted molar refractivity (Wildman–Crippen MR) is 62.7 cm³/mol. The smallest absolute Gasteiger partial charge is 0.0980 e. The van der Waals surface area contributed by atoms with Crippen molar-refractivity contribution < 1.29 is 5.11 Å². The van der Waals surface area contributed by atoms with E-state index in [1.54, 1.807) is 12.4 Å². The normalized spacial score (nSPS) is 36.7. The number of aromatic nitrogens is 1. The van der Waals surface area contributed by atoms with Crippen molar-refractivity contribution in [2.24, 2.45) is 17.3 Å². The number of rotatable bonds is 2. The Hall–Kier alpha value is -1.40. The average molecular weight is 228 g/mol. The number of pyridine rings is 1. The zero-order valence-electron chi connectivity index (χ0n) is 9.71. The quantitative estimate of drug-likeness (QED) is 0.845. The third kappa shape index (κ3) is 1.48. The molecular formula is C14H16N2O. The van der Waals surface area contributed by atoms with Crippen molar-refractivity contribution in [2.45, 2.75) is 31.8 Å². The lowest BCUT2D eigenvalue weighted by atomic mass is 9.68.